The molecule has 3 heteroatoms. The fourth-order valence-electron chi connectivity index (χ4n) is 2.28. The second-order valence-corrected chi connectivity index (χ2v) is 5.04. The van der Waals surface area contributed by atoms with Crippen LogP contribution >= 0.6 is 0 Å². The smallest absolute Gasteiger partial charge is 0.142 e. The number of nitrogens with one attached hydrogen (secondary N) is 2. The Balaban J connectivity index is 2.04. The maximum atomic E-state index is 5.83. The molecule has 0 spiro atoms. The van der Waals surface area contributed by atoms with Crippen LogP contribution in [0.3, 0.4) is 0 Å². The SMILES string of the molecule is CCCOc1cc(C)ccc1NC1CCCNC1. The third-order valence-corrected chi connectivity index (χ3v) is 3.26. The lowest BCUT2D eigenvalue weighted by Crippen LogP contribution is -2.38. The van der Waals surface area contributed by atoms with Gasteiger partial charge in [0.15, 0.2) is 0 Å². The van der Waals surface area contributed by atoms with Gasteiger partial charge in [-0.15, -0.1) is 0 Å². The van der Waals surface area contributed by atoms with Crippen molar-refractivity contribution in [3.05, 3.63) is 23.8 Å². The standard InChI is InChI=1S/C15H24N2O/c1-3-9-18-15-10-12(2)6-7-14(15)17-13-5-4-8-16-11-13/h6-7,10,13,16-17H,3-5,8-9,11H2,1-2H3. The van der Waals surface area contributed by atoms with Gasteiger partial charge in [0.2, 0.25) is 0 Å². The zero-order valence-corrected chi connectivity index (χ0v) is 11.5. The molecule has 3 nitrogen and oxygen atoms in total. The molecule has 0 bridgehead atoms. The lowest BCUT2D eigenvalue weighted by molar-refractivity contribution is 0.318. The second kappa shape index (κ2) is 6.64. The van der Waals surface area contributed by atoms with E-state index in [0.717, 1.165) is 37.6 Å². The lowest BCUT2D eigenvalue weighted by atomic mass is 10.1. The van der Waals surface area contributed by atoms with Crippen LogP contribution in [0.25, 0.3) is 0 Å². The quantitative estimate of drug-likeness (QED) is 0.840. The molecule has 1 unspecified atom stereocenters. The van der Waals surface area contributed by atoms with Crippen molar-refractivity contribution < 1.29 is 4.74 Å². The van der Waals surface area contributed by atoms with Crippen molar-refractivity contribution in [2.24, 2.45) is 0 Å². The van der Waals surface area contributed by atoms with Gasteiger partial charge in [-0.3, -0.25) is 0 Å². The maximum absolute atomic E-state index is 5.83. The van der Waals surface area contributed by atoms with E-state index in [0.29, 0.717) is 6.04 Å². The van der Waals surface area contributed by atoms with E-state index in [4.69, 9.17) is 4.74 Å². The summed E-state index contributed by atoms with van der Waals surface area (Å²) in [6.45, 7) is 7.20. The number of aryl methyl sites for hydroxylation is 1. The molecule has 2 N–H and O–H groups in total. The average Bonchev–Trinajstić information content (AvgIpc) is 2.40. The molecule has 0 aliphatic carbocycles. The van der Waals surface area contributed by atoms with Crippen molar-refractivity contribution in [2.45, 2.75) is 39.2 Å². The Morgan fingerprint density at radius 1 is 1.44 bits per heavy atom. The second-order valence-electron chi connectivity index (χ2n) is 5.04. The Bertz CT molecular complexity index is 373. The highest BCUT2D eigenvalue weighted by atomic mass is 16.5. The highest BCUT2D eigenvalue weighted by molar-refractivity contribution is 5.58. The summed E-state index contributed by atoms with van der Waals surface area (Å²) in [6.07, 6.45) is 3.52. The first-order valence-corrected chi connectivity index (χ1v) is 7.00. The highest BCUT2D eigenvalue weighted by Gasteiger charge is 2.14. The van der Waals surface area contributed by atoms with E-state index in [1.54, 1.807) is 0 Å². The normalized spacial score (nSPS) is 19.6. The van der Waals surface area contributed by atoms with E-state index in [-0.39, 0.29) is 0 Å². The van der Waals surface area contributed by atoms with Crippen LogP contribution in [0.5, 0.6) is 5.75 Å². The van der Waals surface area contributed by atoms with Crippen LogP contribution in [0.2, 0.25) is 0 Å². The molecule has 0 amide bonds. The largest absolute Gasteiger partial charge is 0.491 e. The lowest BCUT2D eigenvalue weighted by Gasteiger charge is -2.26. The number of anilines is 1. The Morgan fingerprint density at radius 3 is 3.06 bits per heavy atom. The summed E-state index contributed by atoms with van der Waals surface area (Å²) in [6, 6.07) is 6.91. The van der Waals surface area contributed by atoms with E-state index in [9.17, 15) is 0 Å². The summed E-state index contributed by atoms with van der Waals surface area (Å²) in [5, 5.41) is 7.02. The molecule has 0 aromatic heterocycles. The zero-order valence-electron chi connectivity index (χ0n) is 11.5. The Morgan fingerprint density at radius 2 is 2.33 bits per heavy atom. The van der Waals surface area contributed by atoms with Crippen molar-refractivity contribution in [1.82, 2.24) is 5.32 Å². The summed E-state index contributed by atoms with van der Waals surface area (Å²) in [5.41, 5.74) is 2.37. The number of piperidine rings is 1. The van der Waals surface area contributed by atoms with Crippen molar-refractivity contribution in [3.8, 4) is 5.75 Å². The molecule has 0 saturated carbocycles. The number of benzene rings is 1. The minimum Gasteiger partial charge on any atom is -0.491 e. The molecule has 1 aliphatic heterocycles. The van der Waals surface area contributed by atoms with Gasteiger partial charge in [-0.25, -0.2) is 0 Å². The highest BCUT2D eigenvalue weighted by Crippen LogP contribution is 2.27. The third-order valence-electron chi connectivity index (χ3n) is 3.26. The summed E-state index contributed by atoms with van der Waals surface area (Å²) in [5.74, 6) is 0.988. The van der Waals surface area contributed by atoms with E-state index >= 15 is 0 Å². The Labute approximate surface area is 110 Å². The first-order chi connectivity index (χ1) is 8.79. The van der Waals surface area contributed by atoms with E-state index in [1.165, 1.54) is 18.4 Å². The summed E-state index contributed by atoms with van der Waals surface area (Å²) < 4.78 is 5.83. The van der Waals surface area contributed by atoms with Gasteiger partial charge >= 0.3 is 0 Å². The van der Waals surface area contributed by atoms with Crippen molar-refractivity contribution in [2.75, 3.05) is 25.0 Å². The van der Waals surface area contributed by atoms with Gasteiger partial charge in [0.05, 0.1) is 12.3 Å². The van der Waals surface area contributed by atoms with Crippen LogP contribution in [-0.2, 0) is 0 Å². The van der Waals surface area contributed by atoms with E-state index in [1.807, 2.05) is 0 Å². The first-order valence-electron chi connectivity index (χ1n) is 7.00. The predicted octanol–water partition coefficient (Wildman–Crippen LogP) is 2.95. The van der Waals surface area contributed by atoms with Crippen LogP contribution in [0.15, 0.2) is 18.2 Å². The monoisotopic (exact) mass is 248 g/mol. The van der Waals surface area contributed by atoms with E-state index < -0.39 is 0 Å². The van der Waals surface area contributed by atoms with Gasteiger partial charge in [-0.05, 0) is 50.4 Å². The van der Waals surface area contributed by atoms with Gasteiger partial charge in [-0.1, -0.05) is 13.0 Å². The van der Waals surface area contributed by atoms with Gasteiger partial charge in [0, 0.05) is 12.6 Å². The number of hydrogen-bond acceptors (Lipinski definition) is 3. The van der Waals surface area contributed by atoms with Crippen LogP contribution < -0.4 is 15.4 Å². The summed E-state index contributed by atoms with van der Waals surface area (Å²) in [4.78, 5) is 0. The minimum atomic E-state index is 0.519. The molecule has 1 aromatic rings. The molecule has 1 saturated heterocycles. The van der Waals surface area contributed by atoms with Crippen molar-refractivity contribution >= 4 is 5.69 Å². The fourth-order valence-corrected chi connectivity index (χ4v) is 2.28. The van der Waals surface area contributed by atoms with Gasteiger partial charge in [0.25, 0.3) is 0 Å². The molecular weight excluding hydrogens is 224 g/mol. The number of rotatable bonds is 5. The molecule has 2 rings (SSSR count). The molecule has 18 heavy (non-hydrogen) atoms. The minimum absolute atomic E-state index is 0.519. The third kappa shape index (κ3) is 3.64. The van der Waals surface area contributed by atoms with Crippen LogP contribution in [0.4, 0.5) is 5.69 Å². The number of ether oxygens (including phenoxy) is 1. The van der Waals surface area contributed by atoms with Crippen molar-refractivity contribution in [1.29, 1.82) is 0 Å². The maximum Gasteiger partial charge on any atom is 0.142 e. The van der Waals surface area contributed by atoms with Crippen LogP contribution in [0.1, 0.15) is 31.7 Å². The van der Waals surface area contributed by atoms with Crippen LogP contribution in [-0.4, -0.2) is 25.7 Å². The molecule has 1 atom stereocenters. The molecular formula is C15H24N2O. The summed E-state index contributed by atoms with van der Waals surface area (Å²) >= 11 is 0. The zero-order chi connectivity index (χ0) is 12.8. The fraction of sp³-hybridized carbons (Fsp3) is 0.600. The number of hydrogen-bond donors (Lipinski definition) is 2. The first kappa shape index (κ1) is 13.2. The van der Waals surface area contributed by atoms with Crippen molar-refractivity contribution in [3.63, 3.8) is 0 Å². The van der Waals surface area contributed by atoms with Gasteiger partial charge < -0.3 is 15.4 Å². The molecule has 1 aromatic carbocycles. The molecule has 100 valence electrons. The van der Waals surface area contributed by atoms with Crippen LogP contribution in [0, 0.1) is 6.92 Å². The topological polar surface area (TPSA) is 33.3 Å². The predicted molar refractivity (Wildman–Crippen MR) is 76.5 cm³/mol. The summed E-state index contributed by atoms with van der Waals surface area (Å²) in [7, 11) is 0. The van der Waals surface area contributed by atoms with Gasteiger partial charge in [0.1, 0.15) is 5.75 Å². The van der Waals surface area contributed by atoms with Gasteiger partial charge in [-0.2, -0.15) is 0 Å². The Kier molecular flexibility index (Phi) is 4.88. The molecule has 1 heterocycles. The Hall–Kier alpha value is -1.22. The molecule has 0 radical (unpaired) electrons. The molecule has 1 fully saturated rings. The van der Waals surface area contributed by atoms with E-state index in [2.05, 4.69) is 42.7 Å². The molecule has 1 aliphatic rings. The average molecular weight is 248 g/mol.